The Labute approximate surface area is 303 Å². The van der Waals surface area contributed by atoms with Gasteiger partial charge in [0, 0.05) is 50.8 Å². The number of hydrogen-bond acceptors (Lipinski definition) is 12. The van der Waals surface area contributed by atoms with Gasteiger partial charge in [-0.05, 0) is 60.4 Å². The van der Waals surface area contributed by atoms with Crippen molar-refractivity contribution in [2.75, 3.05) is 43.7 Å². The number of aliphatic hydroxyl groups excluding tert-OH is 1. The number of carbonyl (C=O) groups is 1. The minimum atomic E-state index is -1.09. The Morgan fingerprint density at radius 1 is 0.981 bits per heavy atom. The lowest BCUT2D eigenvalue weighted by molar-refractivity contribution is 0.0911. The number of nitrogens with zero attached hydrogens (tertiary/aromatic N) is 7. The van der Waals surface area contributed by atoms with Crippen molar-refractivity contribution in [3.63, 3.8) is 0 Å². The summed E-state index contributed by atoms with van der Waals surface area (Å²) < 4.78 is 23.7. The Kier molecular flexibility index (Phi) is 11.5. The van der Waals surface area contributed by atoms with Gasteiger partial charge in [0.1, 0.15) is 29.5 Å². The standard InChI is InChI=1S/C38H46N8O6/c1-5-6-19-51-38-42-36(45(23-26-7-11-29(49-3)12-8-26)24-27-9-13-30(50-4)14-10-27)35-41-22-32(46(35)43-38)33(47)28-20-25(2)34(40-21-28)44-17-15-31(16-18-44)52-37(39)48/h7-14,20-22,31,33,47H,5-6,15-19,23-24H2,1-4H3,(H2,39,48). The van der Waals surface area contributed by atoms with E-state index in [1.54, 1.807) is 31.1 Å². The van der Waals surface area contributed by atoms with Gasteiger partial charge in [-0.2, -0.15) is 4.98 Å². The summed E-state index contributed by atoms with van der Waals surface area (Å²) in [7, 11) is 3.29. The number of imidazole rings is 1. The molecule has 52 heavy (non-hydrogen) atoms. The molecule has 0 saturated carbocycles. The van der Waals surface area contributed by atoms with Gasteiger partial charge in [0.15, 0.2) is 11.5 Å². The third-order valence-corrected chi connectivity index (χ3v) is 9.14. The van der Waals surface area contributed by atoms with Crippen LogP contribution in [-0.4, -0.2) is 75.8 Å². The highest BCUT2D eigenvalue weighted by atomic mass is 16.6. The third-order valence-electron chi connectivity index (χ3n) is 9.14. The van der Waals surface area contributed by atoms with E-state index >= 15 is 0 Å². The summed E-state index contributed by atoms with van der Waals surface area (Å²) in [5.41, 5.74) is 9.71. The number of hydrogen-bond donors (Lipinski definition) is 2. The molecule has 274 valence electrons. The molecule has 5 aromatic rings. The van der Waals surface area contributed by atoms with E-state index in [-0.39, 0.29) is 12.1 Å². The largest absolute Gasteiger partial charge is 0.497 e. The molecule has 3 aromatic heterocycles. The number of aryl methyl sites for hydroxylation is 1. The number of primary amides is 1. The summed E-state index contributed by atoms with van der Waals surface area (Å²) in [5.74, 6) is 2.91. The van der Waals surface area contributed by atoms with E-state index in [0.29, 0.717) is 68.3 Å². The van der Waals surface area contributed by atoms with Crippen molar-refractivity contribution < 1.29 is 28.8 Å². The van der Waals surface area contributed by atoms with E-state index < -0.39 is 12.2 Å². The second-order valence-electron chi connectivity index (χ2n) is 12.8. The highest BCUT2D eigenvalue weighted by molar-refractivity contribution is 5.66. The molecular formula is C38H46N8O6. The zero-order chi connectivity index (χ0) is 36.6. The van der Waals surface area contributed by atoms with Gasteiger partial charge in [-0.3, -0.25) is 0 Å². The number of piperidine rings is 1. The Morgan fingerprint density at radius 2 is 1.62 bits per heavy atom. The lowest BCUT2D eigenvalue weighted by atomic mass is 10.0. The Bertz CT molecular complexity index is 1890. The maximum atomic E-state index is 11.8. The van der Waals surface area contributed by atoms with Crippen molar-refractivity contribution in [3.8, 4) is 17.5 Å². The fourth-order valence-electron chi connectivity index (χ4n) is 6.33. The summed E-state index contributed by atoms with van der Waals surface area (Å²) in [6, 6.07) is 17.9. The SMILES string of the molecule is CCCCOc1nc(N(Cc2ccc(OC)cc2)Cc2ccc(OC)cc2)c2ncc(C(O)c3cnc(N4CCC(OC(N)=O)CC4)c(C)c3)n2n1. The molecular weight excluding hydrogens is 664 g/mol. The zero-order valence-corrected chi connectivity index (χ0v) is 30.1. The van der Waals surface area contributed by atoms with Crippen molar-refractivity contribution in [2.45, 2.75) is 64.8 Å². The molecule has 2 aromatic carbocycles. The molecule has 0 spiro atoms. The number of aliphatic hydroxyl groups is 1. The first kappa shape index (κ1) is 36.2. The van der Waals surface area contributed by atoms with Crippen LogP contribution in [0, 0.1) is 6.92 Å². The Hall–Kier alpha value is -5.63. The number of amides is 1. The van der Waals surface area contributed by atoms with Crippen LogP contribution in [0.3, 0.4) is 0 Å². The first-order valence-corrected chi connectivity index (χ1v) is 17.5. The van der Waals surface area contributed by atoms with Gasteiger partial charge in [0.25, 0.3) is 0 Å². The molecule has 4 heterocycles. The Morgan fingerprint density at radius 3 is 2.17 bits per heavy atom. The topological polar surface area (TPSA) is 163 Å². The quantitative estimate of drug-likeness (QED) is 0.134. The maximum absolute atomic E-state index is 11.8. The van der Waals surface area contributed by atoms with Crippen LogP contribution in [0.1, 0.15) is 66.7 Å². The van der Waals surface area contributed by atoms with Crippen LogP contribution in [0.15, 0.2) is 67.0 Å². The van der Waals surface area contributed by atoms with E-state index in [0.717, 1.165) is 46.8 Å². The minimum absolute atomic E-state index is 0.185. The average molecular weight is 711 g/mol. The molecule has 1 atom stereocenters. The van der Waals surface area contributed by atoms with Crippen LogP contribution in [0.5, 0.6) is 17.5 Å². The van der Waals surface area contributed by atoms with Crippen LogP contribution in [0.25, 0.3) is 5.65 Å². The van der Waals surface area contributed by atoms with Gasteiger partial charge in [-0.1, -0.05) is 37.6 Å². The monoisotopic (exact) mass is 710 g/mol. The lowest BCUT2D eigenvalue weighted by Gasteiger charge is -2.33. The first-order valence-electron chi connectivity index (χ1n) is 17.5. The molecule has 0 radical (unpaired) electrons. The zero-order valence-electron chi connectivity index (χ0n) is 30.1. The van der Waals surface area contributed by atoms with Gasteiger partial charge < -0.3 is 39.6 Å². The number of carbonyl (C=O) groups excluding carboxylic acids is 1. The number of methoxy groups -OCH3 is 2. The number of rotatable bonds is 15. The molecule has 1 aliphatic rings. The van der Waals surface area contributed by atoms with E-state index in [9.17, 15) is 9.90 Å². The van der Waals surface area contributed by atoms with Crippen LogP contribution in [0.2, 0.25) is 0 Å². The number of pyridine rings is 1. The van der Waals surface area contributed by atoms with Gasteiger partial charge in [-0.15, -0.1) is 5.10 Å². The number of fused-ring (bicyclic) bond motifs is 1. The van der Waals surface area contributed by atoms with Gasteiger partial charge in [0.05, 0.1) is 32.7 Å². The second-order valence-corrected chi connectivity index (χ2v) is 12.8. The van der Waals surface area contributed by atoms with Crippen molar-refractivity contribution in [1.29, 1.82) is 0 Å². The van der Waals surface area contributed by atoms with Crippen LogP contribution < -0.4 is 29.7 Å². The smallest absolute Gasteiger partial charge is 0.404 e. The number of unbranched alkanes of at least 4 members (excludes halogenated alkanes) is 1. The molecule has 1 unspecified atom stereocenters. The number of aromatic nitrogens is 5. The Balaban J connectivity index is 1.34. The fraction of sp³-hybridized carbons (Fsp3) is 0.395. The molecule has 14 nitrogen and oxygen atoms in total. The predicted molar refractivity (Wildman–Crippen MR) is 196 cm³/mol. The van der Waals surface area contributed by atoms with Gasteiger partial charge >= 0.3 is 12.1 Å². The maximum Gasteiger partial charge on any atom is 0.404 e. The van der Waals surface area contributed by atoms with Crippen LogP contribution in [-0.2, 0) is 17.8 Å². The molecule has 0 aliphatic carbocycles. The molecule has 3 N–H and O–H groups in total. The predicted octanol–water partition coefficient (Wildman–Crippen LogP) is 5.38. The third kappa shape index (κ3) is 8.45. The molecule has 1 saturated heterocycles. The van der Waals surface area contributed by atoms with E-state index in [1.807, 2.05) is 61.5 Å². The van der Waals surface area contributed by atoms with Crippen molar-refractivity contribution in [3.05, 3.63) is 94.9 Å². The van der Waals surface area contributed by atoms with Gasteiger partial charge in [0.2, 0.25) is 0 Å². The lowest BCUT2D eigenvalue weighted by Crippen LogP contribution is -2.39. The molecule has 0 bridgehead atoms. The number of ether oxygens (including phenoxy) is 4. The summed E-state index contributed by atoms with van der Waals surface area (Å²) in [6.45, 7) is 6.85. The van der Waals surface area contributed by atoms with Crippen LogP contribution >= 0.6 is 0 Å². The molecule has 1 amide bonds. The summed E-state index contributed by atoms with van der Waals surface area (Å²) in [4.78, 5) is 29.9. The molecule has 1 fully saturated rings. The number of anilines is 2. The van der Waals surface area contributed by atoms with E-state index in [2.05, 4.69) is 16.7 Å². The minimum Gasteiger partial charge on any atom is -0.497 e. The van der Waals surface area contributed by atoms with Crippen molar-refractivity contribution >= 4 is 23.4 Å². The molecule has 14 heteroatoms. The second kappa shape index (κ2) is 16.6. The number of benzene rings is 2. The molecule has 6 rings (SSSR count). The summed E-state index contributed by atoms with van der Waals surface area (Å²) in [6.07, 6.45) is 4.38. The fourth-order valence-corrected chi connectivity index (χ4v) is 6.33. The van der Waals surface area contributed by atoms with Gasteiger partial charge in [-0.25, -0.2) is 19.3 Å². The van der Waals surface area contributed by atoms with E-state index in [4.69, 9.17) is 44.7 Å². The average Bonchev–Trinajstić information content (AvgIpc) is 3.59. The normalized spacial score (nSPS) is 13.9. The van der Waals surface area contributed by atoms with Crippen molar-refractivity contribution in [2.24, 2.45) is 5.73 Å². The molecule has 1 aliphatic heterocycles. The van der Waals surface area contributed by atoms with E-state index in [1.165, 1.54) is 0 Å². The van der Waals surface area contributed by atoms with Crippen LogP contribution in [0.4, 0.5) is 16.4 Å². The summed E-state index contributed by atoms with van der Waals surface area (Å²) in [5, 5.41) is 16.5. The summed E-state index contributed by atoms with van der Waals surface area (Å²) >= 11 is 0. The number of nitrogens with two attached hydrogens (primary N) is 1. The highest BCUT2D eigenvalue weighted by Gasteiger charge is 2.26. The highest BCUT2D eigenvalue weighted by Crippen LogP contribution is 2.31. The first-order chi connectivity index (χ1) is 25.3. The van der Waals surface area contributed by atoms with Crippen molar-refractivity contribution in [1.82, 2.24) is 24.6 Å².